The SMILES string of the molecule is Cc1ccc(C(CCCO)c2c[nH]c3c(C)cccc23)cc1. The zero-order valence-corrected chi connectivity index (χ0v) is 13.3. The third kappa shape index (κ3) is 2.79. The van der Waals surface area contributed by atoms with Crippen LogP contribution in [0.25, 0.3) is 10.9 Å². The molecule has 114 valence electrons. The summed E-state index contributed by atoms with van der Waals surface area (Å²) in [6, 6.07) is 15.2. The second-order valence-electron chi connectivity index (χ2n) is 6.07. The number of para-hydroxylation sites is 1. The molecule has 22 heavy (non-hydrogen) atoms. The topological polar surface area (TPSA) is 36.0 Å². The fraction of sp³-hybridized carbons (Fsp3) is 0.300. The van der Waals surface area contributed by atoms with Crippen molar-refractivity contribution >= 4 is 10.9 Å². The molecule has 0 bridgehead atoms. The van der Waals surface area contributed by atoms with Gasteiger partial charge in [0.25, 0.3) is 0 Å². The molecule has 0 aliphatic carbocycles. The van der Waals surface area contributed by atoms with Crippen LogP contribution in [0.3, 0.4) is 0 Å². The lowest BCUT2D eigenvalue weighted by Crippen LogP contribution is -2.02. The Morgan fingerprint density at radius 3 is 2.55 bits per heavy atom. The molecule has 2 N–H and O–H groups in total. The average molecular weight is 293 g/mol. The van der Waals surface area contributed by atoms with Gasteiger partial charge >= 0.3 is 0 Å². The van der Waals surface area contributed by atoms with E-state index >= 15 is 0 Å². The summed E-state index contributed by atoms with van der Waals surface area (Å²) in [4.78, 5) is 3.43. The van der Waals surface area contributed by atoms with E-state index in [1.807, 2.05) is 0 Å². The van der Waals surface area contributed by atoms with Crippen LogP contribution >= 0.6 is 0 Å². The van der Waals surface area contributed by atoms with E-state index in [4.69, 9.17) is 0 Å². The Labute approximate surface area is 131 Å². The second kappa shape index (κ2) is 6.37. The number of aryl methyl sites for hydroxylation is 2. The molecule has 2 heteroatoms. The first-order valence-corrected chi connectivity index (χ1v) is 7.94. The molecule has 2 nitrogen and oxygen atoms in total. The highest BCUT2D eigenvalue weighted by molar-refractivity contribution is 5.86. The largest absolute Gasteiger partial charge is 0.396 e. The molecule has 2 aromatic carbocycles. The summed E-state index contributed by atoms with van der Waals surface area (Å²) in [6.45, 7) is 4.49. The number of hydrogen-bond donors (Lipinski definition) is 2. The molecule has 0 amide bonds. The van der Waals surface area contributed by atoms with Gasteiger partial charge in [-0.25, -0.2) is 0 Å². The first-order chi connectivity index (χ1) is 10.7. The summed E-state index contributed by atoms with van der Waals surface area (Å²) in [5.74, 6) is 0.322. The molecule has 0 saturated heterocycles. The molecule has 3 aromatic rings. The summed E-state index contributed by atoms with van der Waals surface area (Å²) < 4.78 is 0. The fourth-order valence-electron chi connectivity index (χ4n) is 3.21. The standard InChI is InChI=1S/C20H23NO/c1-14-8-10-16(11-9-14)17(7-4-12-22)19-13-21-20-15(2)5-3-6-18(19)20/h3,5-6,8-11,13,17,21-22H,4,7,12H2,1-2H3. The fourth-order valence-corrected chi connectivity index (χ4v) is 3.21. The molecule has 0 saturated carbocycles. The molecule has 0 radical (unpaired) electrons. The molecular formula is C20H23NO. The molecule has 0 fully saturated rings. The van der Waals surface area contributed by atoms with Crippen LogP contribution < -0.4 is 0 Å². The van der Waals surface area contributed by atoms with Crippen LogP contribution in [0.2, 0.25) is 0 Å². The summed E-state index contributed by atoms with van der Waals surface area (Å²) in [7, 11) is 0. The van der Waals surface area contributed by atoms with Crippen molar-refractivity contribution in [3.63, 3.8) is 0 Å². The normalized spacial score (nSPS) is 12.7. The van der Waals surface area contributed by atoms with E-state index in [2.05, 4.69) is 67.5 Å². The Kier molecular flexibility index (Phi) is 4.30. The van der Waals surface area contributed by atoms with Crippen LogP contribution in [0.1, 0.15) is 41.0 Å². The number of aromatic nitrogens is 1. The van der Waals surface area contributed by atoms with Gasteiger partial charge in [-0.2, -0.15) is 0 Å². The van der Waals surface area contributed by atoms with Gasteiger partial charge in [0.05, 0.1) is 0 Å². The van der Waals surface area contributed by atoms with Gasteiger partial charge in [-0.15, -0.1) is 0 Å². The number of aliphatic hydroxyl groups is 1. The van der Waals surface area contributed by atoms with Crippen molar-refractivity contribution < 1.29 is 5.11 Å². The first-order valence-electron chi connectivity index (χ1n) is 7.94. The lowest BCUT2D eigenvalue weighted by atomic mass is 9.87. The number of rotatable bonds is 5. The summed E-state index contributed by atoms with van der Waals surface area (Å²) in [6.07, 6.45) is 3.91. The van der Waals surface area contributed by atoms with Gasteiger partial charge in [0, 0.05) is 29.6 Å². The van der Waals surface area contributed by atoms with Gasteiger partial charge < -0.3 is 10.1 Å². The smallest absolute Gasteiger partial charge is 0.0486 e. The third-order valence-corrected chi connectivity index (χ3v) is 4.46. The van der Waals surface area contributed by atoms with Gasteiger partial charge in [-0.1, -0.05) is 48.0 Å². The number of aliphatic hydroxyl groups excluding tert-OH is 1. The molecule has 3 rings (SSSR count). The number of benzene rings is 2. The molecule has 0 aliphatic heterocycles. The first kappa shape index (κ1) is 14.9. The molecule has 0 aliphatic rings. The van der Waals surface area contributed by atoms with Crippen LogP contribution in [0.5, 0.6) is 0 Å². The zero-order chi connectivity index (χ0) is 15.5. The van der Waals surface area contributed by atoms with E-state index in [0.717, 1.165) is 12.8 Å². The molecule has 0 spiro atoms. The van der Waals surface area contributed by atoms with Crippen molar-refractivity contribution in [1.82, 2.24) is 4.98 Å². The maximum atomic E-state index is 9.25. The van der Waals surface area contributed by atoms with Gasteiger partial charge in [-0.05, 0) is 43.4 Å². The Balaban J connectivity index is 2.07. The zero-order valence-electron chi connectivity index (χ0n) is 13.3. The van der Waals surface area contributed by atoms with Crippen LogP contribution in [-0.4, -0.2) is 16.7 Å². The Bertz CT molecular complexity index is 755. The number of hydrogen-bond acceptors (Lipinski definition) is 1. The molecular weight excluding hydrogens is 270 g/mol. The van der Waals surface area contributed by atoms with Crippen molar-refractivity contribution in [3.8, 4) is 0 Å². The quantitative estimate of drug-likeness (QED) is 0.703. The van der Waals surface area contributed by atoms with E-state index in [1.165, 1.54) is 33.2 Å². The van der Waals surface area contributed by atoms with Gasteiger partial charge in [-0.3, -0.25) is 0 Å². The summed E-state index contributed by atoms with van der Waals surface area (Å²) in [5.41, 5.74) is 6.42. The van der Waals surface area contributed by atoms with E-state index in [-0.39, 0.29) is 6.61 Å². The van der Waals surface area contributed by atoms with E-state index in [0.29, 0.717) is 5.92 Å². The van der Waals surface area contributed by atoms with Crippen molar-refractivity contribution in [2.75, 3.05) is 6.61 Å². The highest BCUT2D eigenvalue weighted by atomic mass is 16.2. The van der Waals surface area contributed by atoms with Crippen molar-refractivity contribution in [1.29, 1.82) is 0 Å². The predicted octanol–water partition coefficient (Wildman–Crippen LogP) is 4.69. The van der Waals surface area contributed by atoms with E-state index in [1.54, 1.807) is 0 Å². The molecule has 1 atom stereocenters. The van der Waals surface area contributed by atoms with Crippen molar-refractivity contribution in [2.24, 2.45) is 0 Å². The van der Waals surface area contributed by atoms with Crippen LogP contribution in [0.4, 0.5) is 0 Å². The number of fused-ring (bicyclic) bond motifs is 1. The lowest BCUT2D eigenvalue weighted by Gasteiger charge is -2.17. The summed E-state index contributed by atoms with van der Waals surface area (Å²) >= 11 is 0. The minimum atomic E-state index is 0.240. The van der Waals surface area contributed by atoms with Crippen molar-refractivity contribution in [3.05, 3.63) is 70.9 Å². The van der Waals surface area contributed by atoms with E-state index in [9.17, 15) is 5.11 Å². The number of H-pyrrole nitrogens is 1. The Morgan fingerprint density at radius 1 is 1.05 bits per heavy atom. The van der Waals surface area contributed by atoms with Gasteiger partial charge in [0.1, 0.15) is 0 Å². The Morgan fingerprint density at radius 2 is 1.82 bits per heavy atom. The monoisotopic (exact) mass is 293 g/mol. The van der Waals surface area contributed by atoms with Crippen LogP contribution in [-0.2, 0) is 0 Å². The molecule has 1 heterocycles. The second-order valence-corrected chi connectivity index (χ2v) is 6.07. The minimum Gasteiger partial charge on any atom is -0.396 e. The number of nitrogens with one attached hydrogen (secondary N) is 1. The van der Waals surface area contributed by atoms with Gasteiger partial charge in [0.15, 0.2) is 0 Å². The van der Waals surface area contributed by atoms with Crippen LogP contribution in [0, 0.1) is 13.8 Å². The Hall–Kier alpha value is -2.06. The predicted molar refractivity (Wildman–Crippen MR) is 92.4 cm³/mol. The van der Waals surface area contributed by atoms with Crippen molar-refractivity contribution in [2.45, 2.75) is 32.6 Å². The van der Waals surface area contributed by atoms with Crippen LogP contribution in [0.15, 0.2) is 48.7 Å². The van der Waals surface area contributed by atoms with E-state index < -0.39 is 0 Å². The maximum Gasteiger partial charge on any atom is 0.0486 e. The molecule has 1 aromatic heterocycles. The average Bonchev–Trinajstić information content (AvgIpc) is 2.95. The highest BCUT2D eigenvalue weighted by Gasteiger charge is 2.18. The summed E-state index contributed by atoms with van der Waals surface area (Å²) in [5, 5.41) is 10.5. The molecule has 1 unspecified atom stereocenters. The highest BCUT2D eigenvalue weighted by Crippen LogP contribution is 2.35. The number of aromatic amines is 1. The maximum absolute atomic E-state index is 9.25. The third-order valence-electron chi connectivity index (χ3n) is 4.46. The lowest BCUT2D eigenvalue weighted by molar-refractivity contribution is 0.282. The minimum absolute atomic E-state index is 0.240. The van der Waals surface area contributed by atoms with Gasteiger partial charge in [0.2, 0.25) is 0 Å².